The van der Waals surface area contributed by atoms with Crippen LogP contribution in [0.2, 0.25) is 0 Å². The maximum Gasteiger partial charge on any atom is 0.237 e. The van der Waals surface area contributed by atoms with Gasteiger partial charge in [0.1, 0.15) is 0 Å². The predicted molar refractivity (Wildman–Crippen MR) is 87.5 cm³/mol. The minimum absolute atomic E-state index is 0.203. The lowest BCUT2D eigenvalue weighted by molar-refractivity contribution is -0.124. The molecule has 5 nitrogen and oxygen atoms in total. The summed E-state index contributed by atoms with van der Waals surface area (Å²) >= 11 is 4.80. The molecule has 1 amide bonds. The lowest BCUT2D eigenvalue weighted by atomic mass is 9.94. The summed E-state index contributed by atoms with van der Waals surface area (Å²) in [6, 6.07) is 0.203. The highest BCUT2D eigenvalue weighted by Gasteiger charge is 2.33. The van der Waals surface area contributed by atoms with E-state index in [0.717, 1.165) is 8.68 Å². The number of nitrogens with one attached hydrogen (secondary N) is 1. The first kappa shape index (κ1) is 17.7. The van der Waals surface area contributed by atoms with Crippen molar-refractivity contribution >= 4 is 40.8 Å². The fourth-order valence-electron chi connectivity index (χ4n) is 1.98. The molecule has 8 heteroatoms. The van der Waals surface area contributed by atoms with E-state index in [1.807, 2.05) is 27.0 Å². The molecule has 2 atom stereocenters. The predicted octanol–water partition coefficient (Wildman–Crippen LogP) is 2.37. The first-order valence-corrected chi connectivity index (χ1v) is 9.30. The third kappa shape index (κ3) is 5.23. The fourth-order valence-corrected chi connectivity index (χ4v) is 4.92. The molecule has 0 aliphatic rings. The third-order valence-electron chi connectivity index (χ3n) is 2.71. The highest BCUT2D eigenvalue weighted by Crippen LogP contribution is 2.33. The topological polar surface area (TPSA) is 80.9 Å². The number of thioether (sulfide) groups is 2. The van der Waals surface area contributed by atoms with Gasteiger partial charge in [0.15, 0.2) is 8.68 Å². The SMILES string of the molecule is CSc1nnc(SC(C)CC(C)(NC(C)C)C(N)=O)s1. The van der Waals surface area contributed by atoms with E-state index in [9.17, 15) is 4.79 Å². The summed E-state index contributed by atoms with van der Waals surface area (Å²) in [4.78, 5) is 11.7. The lowest BCUT2D eigenvalue weighted by Crippen LogP contribution is -2.56. The summed E-state index contributed by atoms with van der Waals surface area (Å²) in [5, 5.41) is 11.7. The van der Waals surface area contributed by atoms with Gasteiger partial charge in [0.05, 0.1) is 5.54 Å². The summed E-state index contributed by atoms with van der Waals surface area (Å²) in [6.45, 7) is 7.96. The Balaban J connectivity index is 2.66. The van der Waals surface area contributed by atoms with Crippen molar-refractivity contribution in [2.24, 2.45) is 5.73 Å². The van der Waals surface area contributed by atoms with Gasteiger partial charge in [0, 0.05) is 11.3 Å². The number of aromatic nitrogens is 2. The summed E-state index contributed by atoms with van der Waals surface area (Å²) in [6.07, 6.45) is 2.63. The Morgan fingerprint density at radius 1 is 1.40 bits per heavy atom. The van der Waals surface area contributed by atoms with Gasteiger partial charge in [-0.25, -0.2) is 0 Å². The molecule has 0 aromatic carbocycles. The van der Waals surface area contributed by atoms with Gasteiger partial charge in [0.2, 0.25) is 5.91 Å². The van der Waals surface area contributed by atoms with Crippen LogP contribution in [0.1, 0.15) is 34.1 Å². The van der Waals surface area contributed by atoms with Crippen molar-refractivity contribution in [1.82, 2.24) is 15.5 Å². The van der Waals surface area contributed by atoms with E-state index in [2.05, 4.69) is 22.4 Å². The van der Waals surface area contributed by atoms with Crippen LogP contribution >= 0.6 is 34.9 Å². The molecule has 1 rings (SSSR count). The number of hydrogen-bond acceptors (Lipinski definition) is 7. The van der Waals surface area contributed by atoms with E-state index in [-0.39, 0.29) is 17.2 Å². The third-order valence-corrected chi connectivity index (χ3v) is 5.80. The standard InChI is InChI=1S/C12H22N4OS3/c1-7(2)14-12(4,9(13)17)6-8(3)19-11-16-15-10(18-5)20-11/h7-8,14H,6H2,1-5H3,(H2,13,17). The molecule has 0 aliphatic heterocycles. The molecule has 1 aromatic rings. The molecule has 3 N–H and O–H groups in total. The van der Waals surface area contributed by atoms with Crippen LogP contribution in [-0.4, -0.2) is 39.2 Å². The number of nitrogens with two attached hydrogens (primary N) is 1. The molecule has 1 aromatic heterocycles. The zero-order chi connectivity index (χ0) is 15.3. The summed E-state index contributed by atoms with van der Waals surface area (Å²) < 4.78 is 1.89. The monoisotopic (exact) mass is 334 g/mol. The van der Waals surface area contributed by atoms with Crippen LogP contribution in [0.5, 0.6) is 0 Å². The molecule has 0 aliphatic carbocycles. The Hall–Kier alpha value is -0.310. The van der Waals surface area contributed by atoms with Crippen LogP contribution in [0.15, 0.2) is 8.68 Å². The smallest absolute Gasteiger partial charge is 0.237 e. The number of amides is 1. The Morgan fingerprint density at radius 3 is 2.45 bits per heavy atom. The van der Waals surface area contributed by atoms with E-state index in [0.29, 0.717) is 6.42 Å². The van der Waals surface area contributed by atoms with Crippen molar-refractivity contribution in [2.75, 3.05) is 6.26 Å². The van der Waals surface area contributed by atoms with E-state index < -0.39 is 5.54 Å². The Morgan fingerprint density at radius 2 is 2.00 bits per heavy atom. The first-order valence-electron chi connectivity index (χ1n) is 6.38. The average molecular weight is 335 g/mol. The van der Waals surface area contributed by atoms with E-state index >= 15 is 0 Å². The second kappa shape index (κ2) is 7.63. The van der Waals surface area contributed by atoms with E-state index in [4.69, 9.17) is 5.73 Å². The van der Waals surface area contributed by atoms with Gasteiger partial charge in [-0.3, -0.25) is 4.79 Å². The zero-order valence-corrected chi connectivity index (χ0v) is 14.9. The van der Waals surface area contributed by atoms with Crippen LogP contribution in [0.3, 0.4) is 0 Å². The van der Waals surface area contributed by atoms with Crippen LogP contribution in [0, 0.1) is 0 Å². The van der Waals surface area contributed by atoms with Crippen molar-refractivity contribution in [3.8, 4) is 0 Å². The molecule has 20 heavy (non-hydrogen) atoms. The molecule has 2 unspecified atom stereocenters. The van der Waals surface area contributed by atoms with Crippen LogP contribution in [-0.2, 0) is 4.79 Å². The molecule has 0 fully saturated rings. The maximum atomic E-state index is 11.7. The number of rotatable bonds is 8. The first-order chi connectivity index (χ1) is 9.26. The Bertz CT molecular complexity index is 452. The van der Waals surface area contributed by atoms with Crippen LogP contribution in [0.25, 0.3) is 0 Å². The minimum Gasteiger partial charge on any atom is -0.368 e. The molecule has 0 bridgehead atoms. The second-order valence-corrected chi connectivity index (χ2v) is 8.88. The number of nitrogens with zero attached hydrogens (tertiary/aromatic N) is 2. The van der Waals surface area contributed by atoms with Crippen molar-refractivity contribution < 1.29 is 4.79 Å². The molecule has 0 saturated carbocycles. The normalized spacial score (nSPS) is 16.1. The molecule has 0 saturated heterocycles. The summed E-state index contributed by atoms with van der Waals surface area (Å²) in [7, 11) is 0. The van der Waals surface area contributed by atoms with Gasteiger partial charge in [-0.15, -0.1) is 10.2 Å². The van der Waals surface area contributed by atoms with E-state index in [1.165, 1.54) is 0 Å². The van der Waals surface area contributed by atoms with Crippen molar-refractivity contribution in [3.63, 3.8) is 0 Å². The van der Waals surface area contributed by atoms with Gasteiger partial charge in [-0.05, 0) is 33.4 Å². The highest BCUT2D eigenvalue weighted by atomic mass is 32.2. The lowest BCUT2D eigenvalue weighted by Gasteiger charge is -2.31. The second-order valence-electron chi connectivity index (χ2n) is 5.17. The van der Waals surface area contributed by atoms with Crippen molar-refractivity contribution in [1.29, 1.82) is 0 Å². The zero-order valence-electron chi connectivity index (χ0n) is 12.5. The molecule has 114 valence electrons. The maximum absolute atomic E-state index is 11.7. The fraction of sp³-hybridized carbons (Fsp3) is 0.750. The Kier molecular flexibility index (Phi) is 6.77. The quantitative estimate of drug-likeness (QED) is 0.710. The largest absolute Gasteiger partial charge is 0.368 e. The molecular formula is C12H22N4OS3. The van der Waals surface area contributed by atoms with Crippen LogP contribution in [0.4, 0.5) is 0 Å². The Labute approximate surface area is 132 Å². The summed E-state index contributed by atoms with van der Waals surface area (Å²) in [5.74, 6) is -0.319. The van der Waals surface area contributed by atoms with Crippen molar-refractivity contribution in [3.05, 3.63) is 0 Å². The van der Waals surface area contributed by atoms with E-state index in [1.54, 1.807) is 34.9 Å². The highest BCUT2D eigenvalue weighted by molar-refractivity contribution is 8.03. The molecular weight excluding hydrogens is 312 g/mol. The number of primary amides is 1. The number of carbonyl (C=O) groups is 1. The summed E-state index contributed by atoms with van der Waals surface area (Å²) in [5.41, 5.74) is 4.85. The van der Waals surface area contributed by atoms with Gasteiger partial charge in [0.25, 0.3) is 0 Å². The van der Waals surface area contributed by atoms with Gasteiger partial charge >= 0.3 is 0 Å². The van der Waals surface area contributed by atoms with Gasteiger partial charge in [-0.1, -0.05) is 41.8 Å². The molecule has 0 radical (unpaired) electrons. The van der Waals surface area contributed by atoms with Crippen molar-refractivity contribution in [2.45, 2.75) is 59.6 Å². The van der Waals surface area contributed by atoms with Gasteiger partial charge < -0.3 is 11.1 Å². The molecule has 1 heterocycles. The minimum atomic E-state index is -0.701. The average Bonchev–Trinajstić information content (AvgIpc) is 2.74. The van der Waals surface area contributed by atoms with Crippen LogP contribution < -0.4 is 11.1 Å². The number of hydrogen-bond donors (Lipinski definition) is 2. The number of carbonyl (C=O) groups excluding carboxylic acids is 1. The van der Waals surface area contributed by atoms with Gasteiger partial charge in [-0.2, -0.15) is 0 Å². The molecule has 0 spiro atoms.